The number of nitrogens with zero attached hydrogens (tertiary/aromatic N) is 3. The highest BCUT2D eigenvalue weighted by atomic mass is 35.5. The molecular formula is C29H29ClF5N3O5S. The third-order valence-electron chi connectivity index (χ3n) is 8.53. The normalized spacial score (nSPS) is 30.2. The number of thioether (sulfide) groups is 1. The Labute approximate surface area is 258 Å². The molecule has 0 radical (unpaired) electrons. The van der Waals surface area contributed by atoms with E-state index in [0.29, 0.717) is 0 Å². The summed E-state index contributed by atoms with van der Waals surface area (Å²) in [6, 6.07) is 4.15. The molecule has 4 unspecified atom stereocenters. The standard InChI is InChI=1S/C29H29ClF5N3O5S/c1-41-25-22(38-12-15(11-37-38)14-9-17(31)20(33)18(32)10-14)24-23(19(39)13-42-24)43-27(25)44-26(21-16(30)3-2-8-36-21)28(40)4-6-29(34,35)7-5-28/h2-3,8-12,19,22-27,39-40H,4-7,13H2,1H3/t19?,22?,23?,24-,25?,26-,27+/m1/s1. The number of alkyl halides is 2. The number of aromatic nitrogens is 3. The number of benzene rings is 1. The summed E-state index contributed by atoms with van der Waals surface area (Å²) in [6.45, 7) is -0.0588. The van der Waals surface area contributed by atoms with E-state index in [1.165, 1.54) is 30.4 Å². The van der Waals surface area contributed by atoms with Crippen molar-refractivity contribution < 1.29 is 46.4 Å². The van der Waals surface area contributed by atoms with Crippen molar-refractivity contribution in [2.45, 2.75) is 78.4 Å². The van der Waals surface area contributed by atoms with Crippen LogP contribution in [0.5, 0.6) is 0 Å². The fraction of sp³-hybridized carbons (Fsp3) is 0.517. The summed E-state index contributed by atoms with van der Waals surface area (Å²) < 4.78 is 89.5. The second-order valence-corrected chi connectivity index (χ2v) is 12.9. The van der Waals surface area contributed by atoms with Gasteiger partial charge >= 0.3 is 0 Å². The second-order valence-electron chi connectivity index (χ2n) is 11.3. The van der Waals surface area contributed by atoms with Gasteiger partial charge in [-0.25, -0.2) is 22.0 Å². The van der Waals surface area contributed by atoms with Gasteiger partial charge in [0, 0.05) is 37.9 Å². The van der Waals surface area contributed by atoms with E-state index in [9.17, 15) is 32.2 Å². The molecule has 2 aliphatic heterocycles. The number of aliphatic hydroxyl groups excluding tert-OH is 1. The van der Waals surface area contributed by atoms with Crippen molar-refractivity contribution in [1.29, 1.82) is 0 Å². The first-order valence-electron chi connectivity index (χ1n) is 13.9. The van der Waals surface area contributed by atoms with Gasteiger partial charge in [0.25, 0.3) is 0 Å². The summed E-state index contributed by atoms with van der Waals surface area (Å²) in [6.07, 6.45) is -0.695. The molecule has 7 atom stereocenters. The molecule has 3 fully saturated rings. The molecule has 4 heterocycles. The number of pyridine rings is 1. The Morgan fingerprint density at radius 3 is 2.48 bits per heavy atom. The van der Waals surface area contributed by atoms with Gasteiger partial charge in [0.1, 0.15) is 35.9 Å². The lowest BCUT2D eigenvalue weighted by molar-refractivity contribution is -0.170. The maximum atomic E-state index is 14.2. The smallest absolute Gasteiger partial charge is 0.248 e. The van der Waals surface area contributed by atoms with Crippen LogP contribution in [-0.2, 0) is 14.2 Å². The number of hydrogen-bond acceptors (Lipinski definition) is 8. The van der Waals surface area contributed by atoms with Crippen molar-refractivity contribution in [2.75, 3.05) is 13.7 Å². The first kappa shape index (κ1) is 31.6. The molecule has 2 saturated heterocycles. The molecule has 2 N–H and O–H groups in total. The van der Waals surface area contributed by atoms with Gasteiger partial charge < -0.3 is 24.4 Å². The molecular weight excluding hydrogens is 633 g/mol. The van der Waals surface area contributed by atoms with E-state index in [0.717, 1.165) is 23.9 Å². The summed E-state index contributed by atoms with van der Waals surface area (Å²) in [5.74, 6) is -7.22. The van der Waals surface area contributed by atoms with Crippen LogP contribution in [0, 0.1) is 17.5 Å². The zero-order valence-electron chi connectivity index (χ0n) is 23.3. The minimum atomic E-state index is -2.91. The van der Waals surface area contributed by atoms with E-state index in [1.54, 1.807) is 12.1 Å². The van der Waals surface area contributed by atoms with Gasteiger partial charge in [0.2, 0.25) is 5.92 Å². The van der Waals surface area contributed by atoms with Gasteiger partial charge in [-0.05, 0) is 42.7 Å². The van der Waals surface area contributed by atoms with Crippen molar-refractivity contribution in [3.8, 4) is 11.1 Å². The molecule has 44 heavy (non-hydrogen) atoms. The van der Waals surface area contributed by atoms with Crippen LogP contribution in [0.4, 0.5) is 22.0 Å². The van der Waals surface area contributed by atoms with Crippen molar-refractivity contribution in [3.63, 3.8) is 0 Å². The number of fused-ring (bicyclic) bond motifs is 1. The molecule has 15 heteroatoms. The average Bonchev–Trinajstić information content (AvgIpc) is 3.63. The molecule has 3 aromatic rings. The van der Waals surface area contributed by atoms with Crippen molar-refractivity contribution in [1.82, 2.24) is 14.8 Å². The SMILES string of the molecule is COC1C(n2cc(-c3cc(F)c(F)c(F)c3)cn2)[C@H]2OCC(O)C2O[C@H]1S[C@H](c1ncccc1Cl)C1(O)CCC(F)(F)CC1. The third kappa shape index (κ3) is 5.85. The van der Waals surface area contributed by atoms with Crippen LogP contribution in [0.2, 0.25) is 5.02 Å². The summed E-state index contributed by atoms with van der Waals surface area (Å²) in [4.78, 5) is 4.39. The molecule has 1 aliphatic carbocycles. The molecule has 6 rings (SSSR count). The highest BCUT2D eigenvalue weighted by molar-refractivity contribution is 8.00. The van der Waals surface area contributed by atoms with Gasteiger partial charge in [-0.3, -0.25) is 9.67 Å². The van der Waals surface area contributed by atoms with Gasteiger partial charge in [-0.1, -0.05) is 11.6 Å². The Hall–Kier alpha value is -2.33. The summed E-state index contributed by atoms with van der Waals surface area (Å²) >= 11 is 7.61. The van der Waals surface area contributed by atoms with Gasteiger partial charge in [-0.15, -0.1) is 11.8 Å². The first-order chi connectivity index (χ1) is 20.9. The lowest BCUT2D eigenvalue weighted by Gasteiger charge is -2.47. The Balaban J connectivity index is 1.37. The number of hydrogen-bond donors (Lipinski definition) is 2. The highest BCUT2D eigenvalue weighted by Gasteiger charge is 2.56. The Bertz CT molecular complexity index is 1480. The molecule has 1 saturated carbocycles. The fourth-order valence-corrected chi connectivity index (χ4v) is 8.16. The molecule has 3 aliphatic rings. The lowest BCUT2D eigenvalue weighted by Crippen LogP contribution is -2.56. The number of ether oxygens (including phenoxy) is 3. The maximum Gasteiger partial charge on any atom is 0.248 e. The van der Waals surface area contributed by atoms with Crippen LogP contribution in [0.1, 0.15) is 42.7 Å². The van der Waals surface area contributed by atoms with E-state index < -0.39 is 83.0 Å². The van der Waals surface area contributed by atoms with Gasteiger partial charge in [0.05, 0.1) is 34.4 Å². The molecule has 238 valence electrons. The summed E-state index contributed by atoms with van der Waals surface area (Å²) in [5.41, 5.74) is -1.94. The first-order valence-corrected chi connectivity index (χ1v) is 15.3. The third-order valence-corrected chi connectivity index (χ3v) is 10.4. The van der Waals surface area contributed by atoms with Gasteiger partial charge in [0.15, 0.2) is 17.5 Å². The van der Waals surface area contributed by atoms with E-state index in [1.807, 2.05) is 0 Å². The Morgan fingerprint density at radius 2 is 1.82 bits per heavy atom. The van der Waals surface area contributed by atoms with Crippen LogP contribution in [0.15, 0.2) is 42.9 Å². The second kappa shape index (κ2) is 12.1. The van der Waals surface area contributed by atoms with Gasteiger partial charge in [-0.2, -0.15) is 5.10 Å². The van der Waals surface area contributed by atoms with Crippen molar-refractivity contribution >= 4 is 23.4 Å². The van der Waals surface area contributed by atoms with E-state index in [4.69, 9.17) is 25.8 Å². The number of aliphatic hydroxyl groups is 2. The van der Waals surface area contributed by atoms with Crippen LogP contribution < -0.4 is 0 Å². The molecule has 2 aromatic heterocycles. The number of rotatable bonds is 7. The predicted octanol–water partition coefficient (Wildman–Crippen LogP) is 5.47. The summed E-state index contributed by atoms with van der Waals surface area (Å²) in [7, 11) is 1.42. The average molecular weight is 662 g/mol. The summed E-state index contributed by atoms with van der Waals surface area (Å²) in [5, 5.41) is 26.3. The molecule has 0 amide bonds. The zero-order valence-corrected chi connectivity index (χ0v) is 24.8. The Kier molecular flexibility index (Phi) is 8.72. The molecule has 8 nitrogen and oxygen atoms in total. The van der Waals surface area contributed by atoms with Crippen LogP contribution in [-0.4, -0.2) is 80.1 Å². The van der Waals surface area contributed by atoms with E-state index >= 15 is 0 Å². The largest absolute Gasteiger partial charge is 0.388 e. The van der Waals surface area contributed by atoms with E-state index in [-0.39, 0.29) is 41.3 Å². The molecule has 0 bridgehead atoms. The monoisotopic (exact) mass is 661 g/mol. The Morgan fingerprint density at radius 1 is 1.11 bits per heavy atom. The minimum Gasteiger partial charge on any atom is -0.388 e. The predicted molar refractivity (Wildman–Crippen MR) is 150 cm³/mol. The van der Waals surface area contributed by atoms with Crippen molar-refractivity contribution in [2.24, 2.45) is 0 Å². The van der Waals surface area contributed by atoms with E-state index in [2.05, 4.69) is 10.1 Å². The quantitative estimate of drug-likeness (QED) is 0.254. The highest BCUT2D eigenvalue weighted by Crippen LogP contribution is 2.54. The molecule has 1 aromatic carbocycles. The van der Waals surface area contributed by atoms with Crippen LogP contribution in [0.25, 0.3) is 11.1 Å². The van der Waals surface area contributed by atoms with Crippen LogP contribution in [0.3, 0.4) is 0 Å². The minimum absolute atomic E-state index is 0.0460. The fourth-order valence-electron chi connectivity index (χ4n) is 6.17. The lowest BCUT2D eigenvalue weighted by atomic mass is 9.79. The van der Waals surface area contributed by atoms with Crippen molar-refractivity contribution in [3.05, 3.63) is 71.0 Å². The molecule has 0 spiro atoms. The zero-order chi connectivity index (χ0) is 31.4. The van der Waals surface area contributed by atoms with Crippen LogP contribution >= 0.6 is 23.4 Å². The number of halogens is 6. The number of methoxy groups -OCH3 is 1. The topological polar surface area (TPSA) is 98.9 Å². The maximum absolute atomic E-state index is 14.2.